The lowest BCUT2D eigenvalue weighted by molar-refractivity contribution is -0.0296. The summed E-state index contributed by atoms with van der Waals surface area (Å²) in [4.78, 5) is 12.2. The first kappa shape index (κ1) is 15.4. The van der Waals surface area contributed by atoms with Crippen LogP contribution in [0.4, 0.5) is 0 Å². The number of benzene rings is 2. The van der Waals surface area contributed by atoms with Gasteiger partial charge in [0.25, 0.3) is 0 Å². The van der Waals surface area contributed by atoms with E-state index in [9.17, 15) is 4.79 Å². The Hall–Kier alpha value is -2.53. The smallest absolute Gasteiger partial charge is 0.343 e. The largest absolute Gasteiger partial charge is 0.497 e. The Morgan fingerprint density at radius 3 is 2.35 bits per heavy atom. The van der Waals surface area contributed by atoms with Crippen LogP contribution in [-0.4, -0.2) is 27.3 Å². The van der Waals surface area contributed by atoms with Crippen molar-refractivity contribution in [3.63, 3.8) is 0 Å². The zero-order chi connectivity index (χ0) is 16.4. The number of esters is 1. The van der Waals surface area contributed by atoms with Crippen LogP contribution >= 0.6 is 0 Å². The Balaban J connectivity index is 1.99. The monoisotopic (exact) mass is 314 g/mol. The van der Waals surface area contributed by atoms with Crippen molar-refractivity contribution in [2.24, 2.45) is 0 Å². The number of carbonyl (C=O) groups is 1. The summed E-state index contributed by atoms with van der Waals surface area (Å²) in [6.07, 6.45) is -0.913. The third-order valence-electron chi connectivity index (χ3n) is 4.00. The fourth-order valence-electron chi connectivity index (χ4n) is 2.86. The maximum atomic E-state index is 12.2. The molecule has 2 aromatic carbocycles. The van der Waals surface area contributed by atoms with Crippen LogP contribution in [-0.2, 0) is 9.47 Å². The van der Waals surface area contributed by atoms with Crippen molar-refractivity contribution < 1.29 is 23.7 Å². The molecule has 1 aliphatic rings. The summed E-state index contributed by atoms with van der Waals surface area (Å²) < 4.78 is 21.6. The van der Waals surface area contributed by atoms with E-state index in [0.717, 1.165) is 16.9 Å². The topological polar surface area (TPSA) is 54.0 Å². The second kappa shape index (κ2) is 6.30. The Bertz CT molecular complexity index is 708. The van der Waals surface area contributed by atoms with Gasteiger partial charge in [0.15, 0.2) is 6.10 Å². The average Bonchev–Trinajstić information content (AvgIpc) is 2.93. The molecule has 2 aromatic rings. The zero-order valence-corrected chi connectivity index (χ0v) is 13.2. The number of methoxy groups -OCH3 is 3. The van der Waals surface area contributed by atoms with E-state index >= 15 is 0 Å². The minimum Gasteiger partial charge on any atom is -0.497 e. The van der Waals surface area contributed by atoms with Crippen molar-refractivity contribution >= 4 is 5.97 Å². The summed E-state index contributed by atoms with van der Waals surface area (Å²) in [7, 11) is 4.75. The Morgan fingerprint density at radius 1 is 1.00 bits per heavy atom. The van der Waals surface area contributed by atoms with E-state index in [1.165, 1.54) is 7.11 Å². The minimum atomic E-state index is -0.508. The summed E-state index contributed by atoms with van der Waals surface area (Å²) in [5.41, 5.74) is 2.15. The molecule has 0 N–H and O–H groups in total. The molecule has 120 valence electrons. The first-order valence-corrected chi connectivity index (χ1v) is 7.24. The van der Waals surface area contributed by atoms with Gasteiger partial charge in [0.2, 0.25) is 0 Å². The molecule has 2 atom stereocenters. The fraction of sp³-hybridized carbons (Fsp3) is 0.278. The Labute approximate surface area is 134 Å². The Kier molecular flexibility index (Phi) is 4.21. The molecule has 1 aliphatic heterocycles. The lowest BCUT2D eigenvalue weighted by Crippen LogP contribution is -2.13. The van der Waals surface area contributed by atoms with E-state index in [1.54, 1.807) is 20.3 Å². The third-order valence-corrected chi connectivity index (χ3v) is 4.00. The fourth-order valence-corrected chi connectivity index (χ4v) is 2.86. The van der Waals surface area contributed by atoms with Gasteiger partial charge < -0.3 is 18.9 Å². The highest BCUT2D eigenvalue weighted by molar-refractivity contribution is 5.97. The van der Waals surface area contributed by atoms with Crippen LogP contribution in [0.1, 0.15) is 33.7 Å². The highest BCUT2D eigenvalue weighted by Crippen LogP contribution is 2.44. The van der Waals surface area contributed by atoms with E-state index < -0.39 is 18.2 Å². The molecule has 0 saturated carbocycles. The summed E-state index contributed by atoms with van der Waals surface area (Å²) in [5, 5.41) is 0. The third kappa shape index (κ3) is 2.64. The van der Waals surface area contributed by atoms with Gasteiger partial charge >= 0.3 is 5.97 Å². The molecule has 0 bridgehead atoms. The van der Waals surface area contributed by atoms with Gasteiger partial charge in [0.05, 0.1) is 14.2 Å². The van der Waals surface area contributed by atoms with Crippen molar-refractivity contribution in [2.75, 3.05) is 21.3 Å². The molecular formula is C18H18O5. The summed E-state index contributed by atoms with van der Waals surface area (Å²) in [6.45, 7) is 0. The summed E-state index contributed by atoms with van der Waals surface area (Å²) in [6, 6.07) is 13.0. The number of hydrogen-bond acceptors (Lipinski definition) is 5. The molecule has 0 radical (unpaired) electrons. The molecular weight excluding hydrogens is 296 g/mol. The highest BCUT2D eigenvalue weighted by atomic mass is 16.6. The molecule has 0 unspecified atom stereocenters. The van der Waals surface area contributed by atoms with E-state index in [4.69, 9.17) is 18.9 Å². The molecule has 0 aromatic heterocycles. The zero-order valence-electron chi connectivity index (χ0n) is 13.2. The second-order valence-electron chi connectivity index (χ2n) is 5.18. The van der Waals surface area contributed by atoms with Crippen molar-refractivity contribution in [1.29, 1.82) is 0 Å². The van der Waals surface area contributed by atoms with Gasteiger partial charge in [0.1, 0.15) is 23.2 Å². The molecule has 0 spiro atoms. The number of fused-ring (bicyclic) bond motifs is 1. The lowest BCUT2D eigenvalue weighted by Gasteiger charge is -2.22. The van der Waals surface area contributed by atoms with Gasteiger partial charge in [-0.2, -0.15) is 0 Å². The van der Waals surface area contributed by atoms with Gasteiger partial charge in [-0.05, 0) is 23.8 Å². The van der Waals surface area contributed by atoms with Crippen LogP contribution in [0, 0.1) is 0 Å². The van der Waals surface area contributed by atoms with Crippen molar-refractivity contribution in [1.82, 2.24) is 0 Å². The normalized spacial score (nSPS) is 17.3. The molecule has 1 heterocycles. The van der Waals surface area contributed by atoms with Crippen LogP contribution in [0.25, 0.3) is 0 Å². The first-order chi connectivity index (χ1) is 11.2. The molecule has 23 heavy (non-hydrogen) atoms. The Morgan fingerprint density at radius 2 is 1.74 bits per heavy atom. The highest BCUT2D eigenvalue weighted by Gasteiger charge is 2.39. The first-order valence-electron chi connectivity index (χ1n) is 7.24. The van der Waals surface area contributed by atoms with Gasteiger partial charge in [-0.15, -0.1) is 0 Å². The van der Waals surface area contributed by atoms with E-state index in [1.807, 2.05) is 36.4 Å². The number of cyclic esters (lactones) is 1. The van der Waals surface area contributed by atoms with Crippen molar-refractivity contribution in [3.05, 3.63) is 59.2 Å². The average molecular weight is 314 g/mol. The maximum Gasteiger partial charge on any atom is 0.343 e. The number of hydrogen-bond donors (Lipinski definition) is 0. The van der Waals surface area contributed by atoms with E-state index in [2.05, 4.69) is 0 Å². The maximum absolute atomic E-state index is 12.2. The van der Waals surface area contributed by atoms with Crippen LogP contribution in [0.5, 0.6) is 11.5 Å². The van der Waals surface area contributed by atoms with Crippen molar-refractivity contribution in [3.8, 4) is 11.5 Å². The number of ether oxygens (including phenoxy) is 4. The minimum absolute atomic E-state index is 0.391. The van der Waals surface area contributed by atoms with E-state index in [0.29, 0.717) is 11.3 Å². The standard InChI is InChI=1S/C18H18O5/c1-20-12-9-7-11(8-10-12)16(22-3)17-13-5-4-6-14(21-2)15(13)18(19)23-17/h4-10,16-17H,1-3H3/t16-,17-/m0/s1. The predicted octanol–water partition coefficient (Wildman–Crippen LogP) is 3.30. The van der Waals surface area contributed by atoms with Crippen LogP contribution in [0.15, 0.2) is 42.5 Å². The number of carbonyl (C=O) groups excluding carboxylic acids is 1. The van der Waals surface area contributed by atoms with Crippen LogP contribution in [0.3, 0.4) is 0 Å². The quantitative estimate of drug-likeness (QED) is 0.793. The van der Waals surface area contributed by atoms with Gasteiger partial charge in [-0.3, -0.25) is 0 Å². The molecule has 5 heteroatoms. The van der Waals surface area contributed by atoms with Crippen molar-refractivity contribution in [2.45, 2.75) is 12.2 Å². The molecule has 0 amide bonds. The molecule has 0 fully saturated rings. The van der Waals surface area contributed by atoms with Crippen LogP contribution in [0.2, 0.25) is 0 Å². The second-order valence-corrected chi connectivity index (χ2v) is 5.18. The predicted molar refractivity (Wildman–Crippen MR) is 83.9 cm³/mol. The number of rotatable bonds is 5. The summed E-state index contributed by atoms with van der Waals surface area (Å²) >= 11 is 0. The van der Waals surface area contributed by atoms with Gasteiger partial charge in [-0.1, -0.05) is 24.3 Å². The van der Waals surface area contributed by atoms with Gasteiger partial charge in [0, 0.05) is 12.7 Å². The van der Waals surface area contributed by atoms with E-state index in [-0.39, 0.29) is 0 Å². The molecule has 0 saturated heterocycles. The van der Waals surface area contributed by atoms with Gasteiger partial charge in [-0.25, -0.2) is 4.79 Å². The molecule has 5 nitrogen and oxygen atoms in total. The molecule has 3 rings (SSSR count). The summed E-state index contributed by atoms with van der Waals surface area (Å²) in [5.74, 6) is 0.881. The molecule has 0 aliphatic carbocycles. The SMILES string of the molecule is COc1ccc([C@H](OC)[C@H]2OC(=O)c3c(OC)cccc32)cc1. The van der Waals surface area contributed by atoms with Crippen LogP contribution < -0.4 is 9.47 Å². The lowest BCUT2D eigenvalue weighted by atomic mass is 9.96.